The summed E-state index contributed by atoms with van der Waals surface area (Å²) < 4.78 is 5.92. The molecule has 0 aliphatic carbocycles. The average molecular weight is 239 g/mol. The van der Waals surface area contributed by atoms with E-state index in [9.17, 15) is 9.59 Å². The number of ether oxygens (including phenoxy) is 1. The van der Waals surface area contributed by atoms with Crippen LogP contribution in [0.1, 0.15) is 22.4 Å². The third kappa shape index (κ3) is 1.69. The van der Waals surface area contributed by atoms with E-state index in [1.54, 1.807) is 0 Å². The first-order valence-corrected chi connectivity index (χ1v) is 5.45. The lowest BCUT2D eigenvalue weighted by Crippen LogP contribution is -2.16. The maximum absolute atomic E-state index is 11.4. The third-order valence-electron chi connectivity index (χ3n) is 1.99. The van der Waals surface area contributed by atoms with Crippen molar-refractivity contribution < 1.29 is 9.53 Å². The van der Waals surface area contributed by atoms with Crippen molar-refractivity contribution in [1.29, 1.82) is 0 Å². The molecule has 0 saturated carbocycles. The highest BCUT2D eigenvalue weighted by molar-refractivity contribution is 7.16. The smallest absolute Gasteiger partial charge is 0.357 e. The molecule has 0 bridgehead atoms. The second-order valence-electron chi connectivity index (χ2n) is 3.01. The Bertz CT molecular complexity index is 602. The molecule has 0 aliphatic heterocycles. The molecule has 84 valence electrons. The summed E-state index contributed by atoms with van der Waals surface area (Å²) in [7, 11) is 1.26. The number of hydrogen-bond donors (Lipinski definition) is 0. The second kappa shape index (κ2) is 4.01. The van der Waals surface area contributed by atoms with Gasteiger partial charge in [-0.15, -0.1) is 0 Å². The van der Waals surface area contributed by atoms with Crippen LogP contribution >= 0.6 is 11.3 Å². The highest BCUT2D eigenvalue weighted by atomic mass is 32.1. The van der Waals surface area contributed by atoms with Crippen molar-refractivity contribution >= 4 is 22.3 Å². The molecule has 0 atom stereocenters. The first kappa shape index (κ1) is 10.7. The number of carbonyl (C=O) groups is 1. The van der Waals surface area contributed by atoms with Crippen LogP contribution in [0.25, 0.3) is 4.96 Å². The van der Waals surface area contributed by atoms with Gasteiger partial charge in [-0.3, -0.25) is 4.79 Å². The number of methoxy groups -OCH3 is 1. The molecule has 7 heteroatoms. The summed E-state index contributed by atoms with van der Waals surface area (Å²) in [6, 6.07) is 1.12. The van der Waals surface area contributed by atoms with Gasteiger partial charge in [0.15, 0.2) is 5.69 Å². The van der Waals surface area contributed by atoms with Gasteiger partial charge < -0.3 is 4.74 Å². The highest BCUT2D eigenvalue weighted by Crippen LogP contribution is 2.13. The minimum Gasteiger partial charge on any atom is -0.464 e. The van der Waals surface area contributed by atoms with Crippen LogP contribution < -0.4 is 5.56 Å². The number of hydrogen-bond acceptors (Lipinski definition) is 6. The van der Waals surface area contributed by atoms with Crippen LogP contribution in [-0.4, -0.2) is 27.7 Å². The van der Waals surface area contributed by atoms with Crippen molar-refractivity contribution in [1.82, 2.24) is 14.6 Å². The Morgan fingerprint density at radius 2 is 2.38 bits per heavy atom. The van der Waals surface area contributed by atoms with Gasteiger partial charge in [0.05, 0.1) is 7.11 Å². The van der Waals surface area contributed by atoms with E-state index in [-0.39, 0.29) is 5.69 Å². The first-order chi connectivity index (χ1) is 7.65. The largest absolute Gasteiger partial charge is 0.464 e. The lowest BCUT2D eigenvalue weighted by atomic mass is 10.4. The fourth-order valence-corrected chi connectivity index (χ4v) is 2.09. The fraction of sp³-hybridized carbons (Fsp3) is 0.333. The summed E-state index contributed by atoms with van der Waals surface area (Å²) in [5, 5.41) is 4.98. The number of aryl methyl sites for hydroxylation is 1. The van der Waals surface area contributed by atoms with Crippen LogP contribution in [0.3, 0.4) is 0 Å². The molecule has 0 spiro atoms. The quantitative estimate of drug-likeness (QED) is 0.713. The van der Waals surface area contributed by atoms with E-state index >= 15 is 0 Å². The monoisotopic (exact) mass is 239 g/mol. The van der Waals surface area contributed by atoms with E-state index in [2.05, 4.69) is 14.8 Å². The SMILES string of the molecule is CCc1nn2c(C(=O)OC)cc(=O)nc2s1. The van der Waals surface area contributed by atoms with Crippen molar-refractivity contribution in [2.45, 2.75) is 13.3 Å². The molecule has 0 aromatic carbocycles. The zero-order valence-corrected chi connectivity index (χ0v) is 9.58. The minimum atomic E-state index is -0.595. The van der Waals surface area contributed by atoms with Crippen LogP contribution in [0.5, 0.6) is 0 Å². The van der Waals surface area contributed by atoms with E-state index in [0.29, 0.717) is 4.96 Å². The summed E-state index contributed by atoms with van der Waals surface area (Å²) in [5.41, 5.74) is -0.361. The average Bonchev–Trinajstić information content (AvgIpc) is 2.69. The number of fused-ring (bicyclic) bond motifs is 1. The third-order valence-corrected chi connectivity index (χ3v) is 3.05. The number of rotatable bonds is 2. The Balaban J connectivity index is 2.75. The van der Waals surface area contributed by atoms with Gasteiger partial charge in [-0.25, -0.2) is 4.79 Å². The Morgan fingerprint density at radius 1 is 1.62 bits per heavy atom. The highest BCUT2D eigenvalue weighted by Gasteiger charge is 2.15. The number of carbonyl (C=O) groups excluding carboxylic acids is 1. The van der Waals surface area contributed by atoms with E-state index in [1.807, 2.05) is 6.92 Å². The molecule has 2 aromatic rings. The van der Waals surface area contributed by atoms with Crippen LogP contribution in [0.2, 0.25) is 0 Å². The van der Waals surface area contributed by atoms with Gasteiger partial charge in [-0.05, 0) is 6.42 Å². The molecule has 0 radical (unpaired) electrons. The molecule has 2 heterocycles. The van der Waals surface area contributed by atoms with Gasteiger partial charge >= 0.3 is 5.97 Å². The molecule has 0 fully saturated rings. The summed E-state index contributed by atoms with van der Waals surface area (Å²) in [5.74, 6) is -0.595. The van der Waals surface area contributed by atoms with Gasteiger partial charge in [0.2, 0.25) is 4.96 Å². The maximum Gasteiger partial charge on any atom is 0.357 e. The summed E-state index contributed by atoms with van der Waals surface area (Å²) in [6.07, 6.45) is 0.725. The number of esters is 1. The Morgan fingerprint density at radius 3 is 3.00 bits per heavy atom. The van der Waals surface area contributed by atoms with E-state index in [0.717, 1.165) is 17.5 Å². The number of aromatic nitrogens is 3. The standard InChI is InChI=1S/C9H9N3O3S/c1-3-7-11-12-5(8(14)15-2)4-6(13)10-9(12)16-7/h4H,3H2,1-2H3. The lowest BCUT2D eigenvalue weighted by Gasteiger charge is -1.99. The molecule has 0 unspecified atom stereocenters. The van der Waals surface area contributed by atoms with Gasteiger partial charge in [0.25, 0.3) is 5.56 Å². The normalized spacial score (nSPS) is 10.6. The van der Waals surface area contributed by atoms with Crippen LogP contribution in [-0.2, 0) is 11.2 Å². The number of nitrogens with zero attached hydrogens (tertiary/aromatic N) is 3. The van der Waals surface area contributed by atoms with Gasteiger partial charge in [-0.2, -0.15) is 14.6 Å². The van der Waals surface area contributed by atoms with Crippen LogP contribution in [0.15, 0.2) is 10.9 Å². The summed E-state index contributed by atoms with van der Waals surface area (Å²) in [6.45, 7) is 1.94. The van der Waals surface area contributed by atoms with Gasteiger partial charge in [0, 0.05) is 6.07 Å². The topological polar surface area (TPSA) is 73.6 Å². The molecule has 2 aromatic heterocycles. The van der Waals surface area contributed by atoms with Crippen molar-refractivity contribution in [2.75, 3.05) is 7.11 Å². The van der Waals surface area contributed by atoms with Crippen molar-refractivity contribution in [2.24, 2.45) is 0 Å². The fourth-order valence-electron chi connectivity index (χ4n) is 1.25. The second-order valence-corrected chi connectivity index (χ2v) is 4.06. The van der Waals surface area contributed by atoms with Crippen molar-refractivity contribution in [3.63, 3.8) is 0 Å². The zero-order valence-electron chi connectivity index (χ0n) is 8.76. The predicted octanol–water partition coefficient (Wildman–Crippen LogP) is 0.500. The van der Waals surface area contributed by atoms with E-state index < -0.39 is 11.5 Å². The van der Waals surface area contributed by atoms with Gasteiger partial charge in [-0.1, -0.05) is 18.3 Å². The van der Waals surface area contributed by atoms with Crippen LogP contribution in [0, 0.1) is 0 Å². The predicted molar refractivity (Wildman–Crippen MR) is 57.9 cm³/mol. The Labute approximate surface area is 94.5 Å². The molecule has 6 nitrogen and oxygen atoms in total. The zero-order chi connectivity index (χ0) is 11.7. The molecule has 0 saturated heterocycles. The van der Waals surface area contributed by atoms with E-state index in [4.69, 9.17) is 0 Å². The molecular weight excluding hydrogens is 230 g/mol. The molecule has 2 rings (SSSR count). The summed E-state index contributed by atoms with van der Waals surface area (Å²) >= 11 is 1.29. The molecule has 0 N–H and O–H groups in total. The Hall–Kier alpha value is -1.76. The molecular formula is C9H9N3O3S. The van der Waals surface area contributed by atoms with Crippen molar-refractivity contribution in [3.05, 3.63) is 27.1 Å². The van der Waals surface area contributed by atoms with Crippen LogP contribution in [0.4, 0.5) is 0 Å². The lowest BCUT2D eigenvalue weighted by molar-refractivity contribution is 0.0590. The maximum atomic E-state index is 11.4. The minimum absolute atomic E-state index is 0.105. The van der Waals surface area contributed by atoms with Gasteiger partial charge in [0.1, 0.15) is 5.01 Å². The molecule has 0 amide bonds. The molecule has 16 heavy (non-hydrogen) atoms. The van der Waals surface area contributed by atoms with E-state index in [1.165, 1.54) is 23.0 Å². The first-order valence-electron chi connectivity index (χ1n) is 4.63. The summed E-state index contributed by atoms with van der Waals surface area (Å²) in [4.78, 5) is 26.9. The van der Waals surface area contributed by atoms with Crippen molar-refractivity contribution in [3.8, 4) is 0 Å². The Kier molecular flexibility index (Phi) is 2.69. The molecule has 0 aliphatic rings.